The molecule has 1 fully saturated rings. The summed E-state index contributed by atoms with van der Waals surface area (Å²) in [5.74, 6) is 1.10. The second kappa shape index (κ2) is 9.95. The van der Waals surface area contributed by atoms with Crippen LogP contribution in [0.3, 0.4) is 0 Å². The molecule has 0 bridgehead atoms. The predicted molar refractivity (Wildman–Crippen MR) is 118 cm³/mol. The lowest BCUT2D eigenvalue weighted by atomic mass is 9.98. The van der Waals surface area contributed by atoms with Gasteiger partial charge in [0, 0.05) is 23.2 Å². The van der Waals surface area contributed by atoms with E-state index < -0.39 is 0 Å². The zero-order chi connectivity index (χ0) is 20.8. The molecule has 1 heterocycles. The van der Waals surface area contributed by atoms with Crippen LogP contribution in [0.4, 0.5) is 0 Å². The molecule has 0 atom stereocenters. The molecule has 29 heavy (non-hydrogen) atoms. The van der Waals surface area contributed by atoms with Gasteiger partial charge in [0.25, 0.3) is 0 Å². The molecule has 2 aromatic carbocycles. The van der Waals surface area contributed by atoms with E-state index in [2.05, 4.69) is 11.8 Å². The number of phenols is 1. The lowest BCUT2D eigenvalue weighted by molar-refractivity contribution is 0.104. The number of carbonyl (C=O) groups is 1. The van der Waals surface area contributed by atoms with Gasteiger partial charge in [0.15, 0.2) is 5.78 Å². The van der Waals surface area contributed by atoms with Gasteiger partial charge in [-0.3, -0.25) is 9.69 Å². The summed E-state index contributed by atoms with van der Waals surface area (Å²) in [4.78, 5) is 15.1. The van der Waals surface area contributed by atoms with Gasteiger partial charge in [-0.05, 0) is 68.6 Å². The quantitative estimate of drug-likeness (QED) is 0.476. The van der Waals surface area contributed by atoms with Gasteiger partial charge in [-0.1, -0.05) is 36.7 Å². The Morgan fingerprint density at radius 3 is 2.59 bits per heavy atom. The summed E-state index contributed by atoms with van der Waals surface area (Å²) in [5.41, 5.74) is 2.09. The highest BCUT2D eigenvalue weighted by molar-refractivity contribution is 6.30. The Kier molecular flexibility index (Phi) is 7.34. The fourth-order valence-corrected chi connectivity index (χ4v) is 3.65. The second-order valence-corrected chi connectivity index (χ2v) is 8.05. The van der Waals surface area contributed by atoms with Gasteiger partial charge in [0.05, 0.1) is 12.2 Å². The largest absolute Gasteiger partial charge is 0.507 e. The number of ether oxygens (including phenoxy) is 1. The third kappa shape index (κ3) is 5.84. The normalized spacial score (nSPS) is 15.7. The number of aromatic hydroxyl groups is 1. The Labute approximate surface area is 177 Å². The number of allylic oxidation sites excluding steroid dienone is 1. The van der Waals surface area contributed by atoms with Crippen molar-refractivity contribution in [1.29, 1.82) is 0 Å². The maximum Gasteiger partial charge on any atom is 0.189 e. The Morgan fingerprint density at radius 2 is 1.93 bits per heavy atom. The molecular weight excluding hydrogens is 386 g/mol. The van der Waals surface area contributed by atoms with Crippen molar-refractivity contribution >= 4 is 23.5 Å². The SMILES string of the molecule is CCOc1cc(O)c(C(=O)/C=C/c2ccc(Cl)cc2)cc1CN1CCC(C)CC1. The Balaban J connectivity index is 1.81. The monoisotopic (exact) mass is 413 g/mol. The summed E-state index contributed by atoms with van der Waals surface area (Å²) >= 11 is 5.90. The Hall–Kier alpha value is -2.30. The summed E-state index contributed by atoms with van der Waals surface area (Å²) in [5, 5.41) is 11.1. The van der Waals surface area contributed by atoms with E-state index in [4.69, 9.17) is 16.3 Å². The number of benzene rings is 2. The molecule has 1 aliphatic heterocycles. The van der Waals surface area contributed by atoms with Crippen LogP contribution in [0.15, 0.2) is 42.5 Å². The fraction of sp³-hybridized carbons (Fsp3) is 0.375. The maximum atomic E-state index is 12.7. The molecule has 3 rings (SSSR count). The molecule has 1 saturated heterocycles. The van der Waals surface area contributed by atoms with Crippen LogP contribution >= 0.6 is 11.6 Å². The molecule has 154 valence electrons. The van der Waals surface area contributed by atoms with Gasteiger partial charge in [-0.15, -0.1) is 0 Å². The number of hydrogen-bond acceptors (Lipinski definition) is 4. The first-order valence-electron chi connectivity index (χ1n) is 10.1. The van der Waals surface area contributed by atoms with Gasteiger partial charge in [0.2, 0.25) is 0 Å². The number of likely N-dealkylation sites (tertiary alicyclic amines) is 1. The van der Waals surface area contributed by atoms with Crippen molar-refractivity contribution in [2.24, 2.45) is 5.92 Å². The van der Waals surface area contributed by atoms with Crippen molar-refractivity contribution in [3.8, 4) is 11.5 Å². The fourth-order valence-electron chi connectivity index (χ4n) is 3.52. The molecule has 5 heteroatoms. The molecule has 0 unspecified atom stereocenters. The number of nitrogens with zero attached hydrogens (tertiary/aromatic N) is 1. The van der Waals surface area contributed by atoms with Crippen LogP contribution in [0.2, 0.25) is 5.02 Å². The van der Waals surface area contributed by atoms with Gasteiger partial charge in [-0.2, -0.15) is 0 Å². The van der Waals surface area contributed by atoms with E-state index in [1.807, 2.05) is 19.1 Å². The zero-order valence-electron chi connectivity index (χ0n) is 17.0. The third-order valence-corrected chi connectivity index (χ3v) is 5.56. The van der Waals surface area contributed by atoms with Gasteiger partial charge in [-0.25, -0.2) is 0 Å². The number of carbonyl (C=O) groups excluding carboxylic acids is 1. The molecule has 2 aromatic rings. The molecule has 0 amide bonds. The number of halogens is 1. The third-order valence-electron chi connectivity index (χ3n) is 5.31. The van der Waals surface area contributed by atoms with Crippen molar-refractivity contribution in [3.05, 3.63) is 64.2 Å². The first-order valence-corrected chi connectivity index (χ1v) is 10.5. The Morgan fingerprint density at radius 1 is 1.24 bits per heavy atom. The second-order valence-electron chi connectivity index (χ2n) is 7.62. The van der Waals surface area contributed by atoms with Crippen molar-refractivity contribution in [3.63, 3.8) is 0 Å². The van der Waals surface area contributed by atoms with E-state index in [1.165, 1.54) is 18.9 Å². The minimum atomic E-state index is -0.242. The van der Waals surface area contributed by atoms with Crippen molar-refractivity contribution in [2.75, 3.05) is 19.7 Å². The predicted octanol–water partition coefficient (Wildman–Crippen LogP) is 5.57. The minimum absolute atomic E-state index is 0.0600. The number of phenolic OH excluding ortho intramolecular Hbond substituents is 1. The van der Waals surface area contributed by atoms with Crippen LogP contribution in [0.1, 0.15) is 48.2 Å². The van der Waals surface area contributed by atoms with E-state index in [0.29, 0.717) is 29.5 Å². The zero-order valence-corrected chi connectivity index (χ0v) is 17.8. The number of hydrogen-bond donors (Lipinski definition) is 1. The lowest BCUT2D eigenvalue weighted by Crippen LogP contribution is -2.32. The van der Waals surface area contributed by atoms with Gasteiger partial charge < -0.3 is 9.84 Å². The van der Waals surface area contributed by atoms with Crippen LogP contribution in [0.25, 0.3) is 6.08 Å². The number of piperidine rings is 1. The first kappa shape index (κ1) is 21.4. The van der Waals surface area contributed by atoms with Crippen molar-refractivity contribution in [1.82, 2.24) is 4.90 Å². The van der Waals surface area contributed by atoms with Crippen molar-refractivity contribution in [2.45, 2.75) is 33.2 Å². The van der Waals surface area contributed by atoms with Gasteiger partial charge >= 0.3 is 0 Å². The summed E-state index contributed by atoms with van der Waals surface area (Å²) in [6, 6.07) is 10.6. The summed E-state index contributed by atoms with van der Waals surface area (Å²) in [6.07, 6.45) is 5.56. The number of rotatable bonds is 7. The highest BCUT2D eigenvalue weighted by Crippen LogP contribution is 2.31. The molecule has 1 N–H and O–H groups in total. The molecule has 0 aromatic heterocycles. The lowest BCUT2D eigenvalue weighted by Gasteiger charge is -2.30. The van der Waals surface area contributed by atoms with Crippen LogP contribution in [0.5, 0.6) is 11.5 Å². The topological polar surface area (TPSA) is 49.8 Å². The van der Waals surface area contributed by atoms with Gasteiger partial charge in [0.1, 0.15) is 11.5 Å². The molecular formula is C24H28ClNO3. The van der Waals surface area contributed by atoms with Crippen LogP contribution < -0.4 is 4.74 Å². The summed E-state index contributed by atoms with van der Waals surface area (Å²) in [7, 11) is 0. The van der Waals surface area contributed by atoms with Crippen LogP contribution in [0, 0.1) is 5.92 Å². The average Bonchev–Trinajstić information content (AvgIpc) is 2.71. The van der Waals surface area contributed by atoms with E-state index in [1.54, 1.807) is 30.3 Å². The molecule has 0 radical (unpaired) electrons. The highest BCUT2D eigenvalue weighted by Gasteiger charge is 2.20. The summed E-state index contributed by atoms with van der Waals surface area (Å²) < 4.78 is 5.73. The van der Waals surface area contributed by atoms with Crippen molar-refractivity contribution < 1.29 is 14.6 Å². The Bertz CT molecular complexity index is 868. The van der Waals surface area contributed by atoms with E-state index in [0.717, 1.165) is 30.1 Å². The van der Waals surface area contributed by atoms with Crippen LogP contribution in [-0.2, 0) is 6.54 Å². The molecule has 0 aliphatic carbocycles. The molecule has 1 aliphatic rings. The highest BCUT2D eigenvalue weighted by atomic mass is 35.5. The number of ketones is 1. The van der Waals surface area contributed by atoms with Crippen LogP contribution in [-0.4, -0.2) is 35.5 Å². The standard InChI is InChI=1S/C24H28ClNO3/c1-3-29-24-15-23(28)21(14-19(24)16-26-12-10-17(2)11-13-26)22(27)9-6-18-4-7-20(25)8-5-18/h4-9,14-15,17,28H,3,10-13,16H2,1-2H3/b9-6+. The maximum absolute atomic E-state index is 12.7. The first-order chi connectivity index (χ1) is 14.0. The molecule has 0 saturated carbocycles. The smallest absolute Gasteiger partial charge is 0.189 e. The van der Waals surface area contributed by atoms with E-state index in [9.17, 15) is 9.90 Å². The minimum Gasteiger partial charge on any atom is -0.507 e. The van der Waals surface area contributed by atoms with E-state index in [-0.39, 0.29) is 11.5 Å². The van der Waals surface area contributed by atoms with E-state index >= 15 is 0 Å². The molecule has 0 spiro atoms. The molecule has 4 nitrogen and oxygen atoms in total. The summed E-state index contributed by atoms with van der Waals surface area (Å²) in [6.45, 7) is 7.49. The average molecular weight is 414 g/mol.